The lowest BCUT2D eigenvalue weighted by Crippen LogP contribution is -2.29. The highest BCUT2D eigenvalue weighted by Gasteiger charge is 2.27. The molecule has 0 spiro atoms. The predicted octanol–water partition coefficient (Wildman–Crippen LogP) is 1.17. The van der Waals surface area contributed by atoms with Gasteiger partial charge in [-0.2, -0.15) is 4.98 Å². The molecular weight excluding hydrogens is 360 g/mol. The summed E-state index contributed by atoms with van der Waals surface area (Å²) < 4.78 is 28.7. The van der Waals surface area contributed by atoms with Crippen LogP contribution in [0.1, 0.15) is 12.3 Å². The molecule has 0 bridgehead atoms. The predicted molar refractivity (Wildman–Crippen MR) is 79.1 cm³/mol. The van der Waals surface area contributed by atoms with Crippen molar-refractivity contribution in [2.45, 2.75) is 19.0 Å². The van der Waals surface area contributed by atoms with E-state index in [1.165, 1.54) is 0 Å². The van der Waals surface area contributed by atoms with Crippen LogP contribution in [0.3, 0.4) is 0 Å². The summed E-state index contributed by atoms with van der Waals surface area (Å²) >= 11 is 3.33. The van der Waals surface area contributed by atoms with E-state index in [9.17, 15) is 8.42 Å². The van der Waals surface area contributed by atoms with E-state index in [1.54, 1.807) is 12.4 Å². The molecule has 1 aliphatic heterocycles. The molecule has 0 amide bonds. The Morgan fingerprint density at radius 1 is 1.43 bits per heavy atom. The molecule has 112 valence electrons. The number of aromatic nitrogens is 3. The van der Waals surface area contributed by atoms with Gasteiger partial charge in [-0.25, -0.2) is 8.42 Å². The highest BCUT2D eigenvalue weighted by Crippen LogP contribution is 2.19. The first-order chi connectivity index (χ1) is 10.0. The molecule has 0 radical (unpaired) electrons. The summed E-state index contributed by atoms with van der Waals surface area (Å²) in [6, 6.07) is 1.80. The number of rotatable bonds is 4. The highest BCUT2D eigenvalue weighted by molar-refractivity contribution is 9.10. The van der Waals surface area contributed by atoms with Crippen molar-refractivity contribution in [1.29, 1.82) is 0 Å². The molecule has 1 aliphatic rings. The number of nitrogens with zero attached hydrogens (tertiary/aromatic N) is 3. The third-order valence-corrected chi connectivity index (χ3v) is 5.41. The number of sulfone groups is 1. The summed E-state index contributed by atoms with van der Waals surface area (Å²) in [5, 5.41) is 7.03. The van der Waals surface area contributed by atoms with Crippen LogP contribution in [-0.4, -0.2) is 41.1 Å². The summed E-state index contributed by atoms with van der Waals surface area (Å²) in [6.07, 6.45) is 3.95. The lowest BCUT2D eigenvalue weighted by atomic mass is 10.2. The summed E-state index contributed by atoms with van der Waals surface area (Å²) in [5.74, 6) is 1.29. The van der Waals surface area contributed by atoms with Gasteiger partial charge in [0.25, 0.3) is 0 Å². The zero-order valence-corrected chi connectivity index (χ0v) is 13.4. The van der Waals surface area contributed by atoms with Crippen LogP contribution in [0.25, 0.3) is 11.4 Å². The van der Waals surface area contributed by atoms with Crippen LogP contribution >= 0.6 is 15.9 Å². The molecule has 1 atom stereocenters. The lowest BCUT2D eigenvalue weighted by Gasteiger charge is -2.07. The van der Waals surface area contributed by atoms with Crippen molar-refractivity contribution in [2.24, 2.45) is 0 Å². The minimum atomic E-state index is -2.89. The van der Waals surface area contributed by atoms with Crippen molar-refractivity contribution < 1.29 is 12.9 Å². The average Bonchev–Trinajstić information content (AvgIpc) is 3.03. The maximum atomic E-state index is 11.4. The second-order valence-corrected chi connectivity index (χ2v) is 8.03. The van der Waals surface area contributed by atoms with Crippen LogP contribution in [0.5, 0.6) is 0 Å². The van der Waals surface area contributed by atoms with Crippen LogP contribution in [0.15, 0.2) is 27.5 Å². The minimum Gasteiger partial charge on any atom is -0.338 e. The zero-order chi connectivity index (χ0) is 14.9. The Morgan fingerprint density at radius 2 is 2.29 bits per heavy atom. The summed E-state index contributed by atoms with van der Waals surface area (Å²) in [4.78, 5) is 8.31. The number of pyridine rings is 1. The van der Waals surface area contributed by atoms with E-state index >= 15 is 0 Å². The van der Waals surface area contributed by atoms with Crippen molar-refractivity contribution in [2.75, 3.05) is 11.5 Å². The molecule has 7 nitrogen and oxygen atoms in total. The number of hydrogen-bond acceptors (Lipinski definition) is 7. The molecule has 9 heteroatoms. The Balaban J connectivity index is 1.63. The van der Waals surface area contributed by atoms with Crippen LogP contribution in [0, 0.1) is 0 Å². The molecule has 1 N–H and O–H groups in total. The van der Waals surface area contributed by atoms with Crippen LogP contribution in [0.4, 0.5) is 0 Å². The van der Waals surface area contributed by atoms with Gasteiger partial charge in [0.05, 0.1) is 18.1 Å². The normalized spacial score (nSPS) is 20.7. The van der Waals surface area contributed by atoms with E-state index in [4.69, 9.17) is 4.52 Å². The van der Waals surface area contributed by atoms with E-state index in [-0.39, 0.29) is 17.5 Å². The second-order valence-electron chi connectivity index (χ2n) is 4.88. The maximum Gasteiger partial charge on any atom is 0.240 e. The van der Waals surface area contributed by atoms with Gasteiger partial charge >= 0.3 is 0 Å². The first kappa shape index (κ1) is 14.6. The molecule has 3 rings (SSSR count). The molecule has 2 aromatic rings. The maximum absolute atomic E-state index is 11.4. The van der Waals surface area contributed by atoms with Gasteiger partial charge in [0.15, 0.2) is 9.84 Å². The van der Waals surface area contributed by atoms with Gasteiger partial charge in [-0.05, 0) is 28.4 Å². The SMILES string of the molecule is O=S1(=O)CCC(NCc2nc(-c3cncc(Br)c3)no2)C1. The largest absolute Gasteiger partial charge is 0.338 e. The number of hydrogen-bond donors (Lipinski definition) is 1. The van der Waals surface area contributed by atoms with Crippen molar-refractivity contribution in [3.63, 3.8) is 0 Å². The number of halogens is 1. The average molecular weight is 373 g/mol. The van der Waals surface area contributed by atoms with Crippen LogP contribution < -0.4 is 5.32 Å². The standard InChI is InChI=1S/C12H13BrN4O3S/c13-9-3-8(4-14-5-9)12-16-11(20-17-12)6-15-10-1-2-21(18,19)7-10/h3-5,10,15H,1-2,6-7H2. The first-order valence-electron chi connectivity index (χ1n) is 6.39. The third kappa shape index (κ3) is 3.66. The summed E-state index contributed by atoms with van der Waals surface area (Å²) in [7, 11) is -2.89. The molecule has 1 saturated heterocycles. The molecule has 0 aliphatic carbocycles. The van der Waals surface area contributed by atoms with E-state index in [2.05, 4.69) is 36.4 Å². The van der Waals surface area contributed by atoms with Gasteiger partial charge in [-0.3, -0.25) is 4.98 Å². The molecule has 21 heavy (non-hydrogen) atoms. The fraction of sp³-hybridized carbons (Fsp3) is 0.417. The second kappa shape index (κ2) is 5.82. The van der Waals surface area contributed by atoms with E-state index in [1.807, 2.05) is 6.07 Å². The molecule has 1 unspecified atom stereocenters. The van der Waals surface area contributed by atoms with Crippen LogP contribution in [0.2, 0.25) is 0 Å². The Bertz CT molecular complexity index is 746. The molecule has 2 aromatic heterocycles. The molecule has 1 fully saturated rings. The Morgan fingerprint density at radius 3 is 3.00 bits per heavy atom. The lowest BCUT2D eigenvalue weighted by molar-refractivity contribution is 0.360. The Hall–Kier alpha value is -1.32. The van der Waals surface area contributed by atoms with Crippen molar-refractivity contribution >= 4 is 25.8 Å². The van der Waals surface area contributed by atoms with Gasteiger partial charge in [-0.15, -0.1) is 0 Å². The van der Waals surface area contributed by atoms with Gasteiger partial charge in [0.2, 0.25) is 11.7 Å². The van der Waals surface area contributed by atoms with E-state index < -0.39 is 9.84 Å². The zero-order valence-electron chi connectivity index (χ0n) is 11.0. The fourth-order valence-electron chi connectivity index (χ4n) is 2.17. The Kier molecular flexibility index (Phi) is 4.05. The van der Waals surface area contributed by atoms with Crippen molar-refractivity contribution in [3.8, 4) is 11.4 Å². The molecule has 0 saturated carbocycles. The van der Waals surface area contributed by atoms with Gasteiger partial charge < -0.3 is 9.84 Å². The van der Waals surface area contributed by atoms with Crippen molar-refractivity contribution in [1.82, 2.24) is 20.4 Å². The topological polar surface area (TPSA) is 98.0 Å². The fourth-order valence-corrected chi connectivity index (χ4v) is 4.24. The smallest absolute Gasteiger partial charge is 0.240 e. The Labute approximate surface area is 130 Å². The van der Waals surface area contributed by atoms with Gasteiger partial charge in [0, 0.05) is 28.5 Å². The highest BCUT2D eigenvalue weighted by atomic mass is 79.9. The van der Waals surface area contributed by atoms with Gasteiger partial charge in [0.1, 0.15) is 0 Å². The number of nitrogens with one attached hydrogen (secondary N) is 1. The summed E-state index contributed by atoms with van der Waals surface area (Å²) in [5.41, 5.74) is 0.753. The summed E-state index contributed by atoms with van der Waals surface area (Å²) in [6.45, 7) is 0.356. The minimum absolute atomic E-state index is 0.0436. The third-order valence-electron chi connectivity index (χ3n) is 3.21. The van der Waals surface area contributed by atoms with Gasteiger partial charge in [-0.1, -0.05) is 5.16 Å². The van der Waals surface area contributed by atoms with Crippen LogP contribution in [-0.2, 0) is 16.4 Å². The van der Waals surface area contributed by atoms with Crippen molar-refractivity contribution in [3.05, 3.63) is 28.8 Å². The first-order valence-corrected chi connectivity index (χ1v) is 9.00. The molecule has 3 heterocycles. The molecule has 0 aromatic carbocycles. The quantitative estimate of drug-likeness (QED) is 0.859. The monoisotopic (exact) mass is 372 g/mol. The van der Waals surface area contributed by atoms with E-state index in [0.717, 1.165) is 10.0 Å². The molecular formula is C12H13BrN4O3S. The van der Waals surface area contributed by atoms with E-state index in [0.29, 0.717) is 24.7 Å².